The first-order valence-corrected chi connectivity index (χ1v) is 13.2. The SMILES string of the molecule is Cc1ccc(S(=O)(=O)CCCC(=O)N(CCN(C)C)c2nc3c(C)cc(Cl)cc3s2)cc1.Cl. The Morgan fingerprint density at radius 3 is 2.39 bits per heavy atom. The molecule has 1 heterocycles. The molecule has 0 saturated heterocycles. The summed E-state index contributed by atoms with van der Waals surface area (Å²) in [5.41, 5.74) is 2.79. The fourth-order valence-electron chi connectivity index (χ4n) is 3.30. The maximum absolute atomic E-state index is 13.1. The summed E-state index contributed by atoms with van der Waals surface area (Å²) in [5.74, 6) is -0.202. The van der Waals surface area contributed by atoms with Crippen LogP contribution < -0.4 is 4.90 Å². The standard InChI is InChI=1S/C23H28ClN3O3S2.ClH/c1-16-7-9-19(10-8-16)32(29,30)13-5-6-21(28)27(12-11-26(3)4)23-25-22-17(2)14-18(24)15-20(22)31-23;/h7-10,14-15H,5-6,11-13H2,1-4H3;1H. The van der Waals surface area contributed by atoms with Crippen LogP contribution in [0, 0.1) is 13.8 Å². The first-order valence-electron chi connectivity index (χ1n) is 10.4. The summed E-state index contributed by atoms with van der Waals surface area (Å²) in [6.45, 7) is 5.00. The van der Waals surface area contributed by atoms with Gasteiger partial charge >= 0.3 is 0 Å². The van der Waals surface area contributed by atoms with Gasteiger partial charge in [0.2, 0.25) is 5.91 Å². The van der Waals surface area contributed by atoms with Crippen LogP contribution in [0.3, 0.4) is 0 Å². The minimum absolute atomic E-state index is 0. The Labute approximate surface area is 210 Å². The molecule has 0 unspecified atom stereocenters. The number of hydrogen-bond acceptors (Lipinski definition) is 6. The quantitative estimate of drug-likeness (QED) is 0.383. The molecule has 0 N–H and O–H groups in total. The van der Waals surface area contributed by atoms with Crippen LogP contribution in [0.4, 0.5) is 5.13 Å². The Hall–Kier alpha value is -1.71. The number of likely N-dealkylation sites (N-methyl/N-ethyl adjacent to an activating group) is 1. The van der Waals surface area contributed by atoms with E-state index in [1.807, 2.05) is 45.0 Å². The molecule has 0 atom stereocenters. The molecule has 0 bridgehead atoms. The van der Waals surface area contributed by atoms with Crippen LogP contribution in [0.5, 0.6) is 0 Å². The van der Waals surface area contributed by atoms with Gasteiger partial charge in [-0.3, -0.25) is 9.69 Å². The molecular formula is C23H29Cl2N3O3S2. The topological polar surface area (TPSA) is 70.6 Å². The van der Waals surface area contributed by atoms with E-state index in [9.17, 15) is 13.2 Å². The van der Waals surface area contributed by atoms with E-state index in [0.29, 0.717) is 28.1 Å². The van der Waals surface area contributed by atoms with Gasteiger partial charge < -0.3 is 4.90 Å². The highest BCUT2D eigenvalue weighted by Gasteiger charge is 2.22. The number of nitrogens with zero attached hydrogens (tertiary/aromatic N) is 3. The Morgan fingerprint density at radius 1 is 1.09 bits per heavy atom. The molecule has 0 spiro atoms. The Morgan fingerprint density at radius 2 is 1.76 bits per heavy atom. The number of hydrogen-bond donors (Lipinski definition) is 0. The molecule has 0 fully saturated rings. The maximum Gasteiger partial charge on any atom is 0.228 e. The van der Waals surface area contributed by atoms with Crippen molar-refractivity contribution >= 4 is 66.4 Å². The van der Waals surface area contributed by atoms with Crippen molar-refractivity contribution in [2.45, 2.75) is 31.6 Å². The number of carbonyl (C=O) groups excluding carboxylic acids is 1. The summed E-state index contributed by atoms with van der Waals surface area (Å²) >= 11 is 7.61. The molecule has 0 saturated carbocycles. The van der Waals surface area contributed by atoms with E-state index < -0.39 is 9.84 Å². The van der Waals surface area contributed by atoms with Crippen molar-refractivity contribution in [3.63, 3.8) is 0 Å². The van der Waals surface area contributed by atoms with Crippen molar-refractivity contribution in [1.82, 2.24) is 9.88 Å². The monoisotopic (exact) mass is 529 g/mol. The molecule has 1 amide bonds. The lowest BCUT2D eigenvalue weighted by molar-refractivity contribution is -0.118. The van der Waals surface area contributed by atoms with Crippen LogP contribution in [-0.2, 0) is 14.6 Å². The van der Waals surface area contributed by atoms with Crippen molar-refractivity contribution in [1.29, 1.82) is 0 Å². The Balaban J connectivity index is 0.00000385. The molecule has 3 rings (SSSR count). The number of anilines is 1. The number of carbonyl (C=O) groups is 1. The maximum atomic E-state index is 13.1. The number of fused-ring (bicyclic) bond motifs is 1. The highest BCUT2D eigenvalue weighted by atomic mass is 35.5. The van der Waals surface area contributed by atoms with Crippen LogP contribution in [0.1, 0.15) is 24.0 Å². The summed E-state index contributed by atoms with van der Waals surface area (Å²) in [4.78, 5) is 21.7. The number of rotatable bonds is 9. The Kier molecular flexibility index (Phi) is 9.70. The van der Waals surface area contributed by atoms with Crippen LogP contribution in [0.15, 0.2) is 41.3 Å². The van der Waals surface area contributed by atoms with Crippen LogP contribution in [0.2, 0.25) is 5.02 Å². The van der Waals surface area contributed by atoms with E-state index >= 15 is 0 Å². The lowest BCUT2D eigenvalue weighted by atomic mass is 10.2. The fourth-order valence-corrected chi connectivity index (χ4v) is 6.07. The molecule has 0 radical (unpaired) electrons. The number of aryl methyl sites for hydroxylation is 2. The summed E-state index contributed by atoms with van der Waals surface area (Å²) in [6, 6.07) is 10.5. The van der Waals surface area contributed by atoms with Gasteiger partial charge in [-0.15, -0.1) is 12.4 Å². The van der Waals surface area contributed by atoms with E-state index in [1.165, 1.54) is 11.3 Å². The van der Waals surface area contributed by atoms with Gasteiger partial charge in [0.15, 0.2) is 15.0 Å². The molecule has 10 heteroatoms. The molecule has 1 aromatic heterocycles. The predicted octanol–water partition coefficient (Wildman–Crippen LogP) is 5.14. The molecule has 0 aliphatic carbocycles. The van der Waals surface area contributed by atoms with Gasteiger partial charge in [-0.1, -0.05) is 40.6 Å². The van der Waals surface area contributed by atoms with Crippen LogP contribution in [0.25, 0.3) is 10.2 Å². The second-order valence-corrected chi connectivity index (χ2v) is 11.7. The van der Waals surface area contributed by atoms with Crippen molar-refractivity contribution in [3.05, 3.63) is 52.5 Å². The fraction of sp³-hybridized carbons (Fsp3) is 0.391. The summed E-state index contributed by atoms with van der Waals surface area (Å²) in [6.07, 6.45) is 0.386. The van der Waals surface area contributed by atoms with Gasteiger partial charge in [-0.2, -0.15) is 0 Å². The van der Waals surface area contributed by atoms with Crippen molar-refractivity contribution in [2.75, 3.05) is 37.8 Å². The van der Waals surface area contributed by atoms with E-state index in [2.05, 4.69) is 0 Å². The van der Waals surface area contributed by atoms with Gasteiger partial charge in [0.1, 0.15) is 0 Å². The van der Waals surface area contributed by atoms with Crippen molar-refractivity contribution in [3.8, 4) is 0 Å². The minimum Gasteiger partial charge on any atom is -0.308 e. The van der Waals surface area contributed by atoms with Crippen LogP contribution >= 0.6 is 35.3 Å². The number of benzene rings is 2. The largest absolute Gasteiger partial charge is 0.308 e. The molecule has 0 aliphatic heterocycles. The number of sulfone groups is 1. The van der Waals surface area contributed by atoms with Crippen LogP contribution in [-0.4, -0.2) is 57.1 Å². The highest BCUT2D eigenvalue weighted by molar-refractivity contribution is 7.91. The summed E-state index contributed by atoms with van der Waals surface area (Å²) in [7, 11) is 0.461. The minimum atomic E-state index is -3.43. The van der Waals surface area contributed by atoms with Crippen molar-refractivity contribution < 1.29 is 13.2 Å². The lowest BCUT2D eigenvalue weighted by Crippen LogP contribution is -2.36. The van der Waals surface area contributed by atoms with Gasteiger partial charge in [0, 0.05) is 24.5 Å². The average molecular weight is 531 g/mol. The van der Waals surface area contributed by atoms with Gasteiger partial charge in [0.05, 0.1) is 20.9 Å². The number of aromatic nitrogens is 1. The smallest absolute Gasteiger partial charge is 0.228 e. The Bertz CT molecular complexity index is 1210. The van der Waals surface area contributed by atoms with Gasteiger partial charge in [-0.25, -0.2) is 13.4 Å². The lowest BCUT2D eigenvalue weighted by Gasteiger charge is -2.22. The molecule has 180 valence electrons. The molecule has 3 aromatic rings. The number of amides is 1. The zero-order valence-corrected chi connectivity index (χ0v) is 22.4. The van der Waals surface area contributed by atoms with E-state index in [1.54, 1.807) is 29.2 Å². The third-order valence-corrected chi connectivity index (χ3v) is 8.19. The molecular weight excluding hydrogens is 501 g/mol. The first-order chi connectivity index (χ1) is 15.1. The summed E-state index contributed by atoms with van der Waals surface area (Å²) < 4.78 is 26.2. The van der Waals surface area contributed by atoms with E-state index in [0.717, 1.165) is 21.3 Å². The zero-order valence-electron chi connectivity index (χ0n) is 19.2. The second kappa shape index (κ2) is 11.6. The van der Waals surface area contributed by atoms with E-state index in [4.69, 9.17) is 16.6 Å². The molecule has 6 nitrogen and oxygen atoms in total. The molecule has 0 aliphatic rings. The van der Waals surface area contributed by atoms with Crippen molar-refractivity contribution in [2.24, 2.45) is 0 Å². The highest BCUT2D eigenvalue weighted by Crippen LogP contribution is 2.33. The molecule has 2 aromatic carbocycles. The third kappa shape index (κ3) is 7.13. The number of thiazole rings is 1. The summed E-state index contributed by atoms with van der Waals surface area (Å²) in [5, 5.41) is 1.25. The third-order valence-electron chi connectivity index (χ3n) is 5.13. The molecule has 33 heavy (non-hydrogen) atoms. The van der Waals surface area contributed by atoms with E-state index in [-0.39, 0.29) is 36.9 Å². The van der Waals surface area contributed by atoms with Gasteiger partial charge in [-0.05, 0) is 64.2 Å². The average Bonchev–Trinajstić information content (AvgIpc) is 3.12. The normalized spacial score (nSPS) is 11.6. The predicted molar refractivity (Wildman–Crippen MR) is 140 cm³/mol. The van der Waals surface area contributed by atoms with Gasteiger partial charge in [0.25, 0.3) is 0 Å². The second-order valence-electron chi connectivity index (χ2n) is 8.15. The number of halogens is 2. The zero-order chi connectivity index (χ0) is 23.5. The first kappa shape index (κ1) is 27.5.